The summed E-state index contributed by atoms with van der Waals surface area (Å²) in [5, 5.41) is 2.92. The SMILES string of the molecule is CCOC(=O)C1=C(N)n2c(s/c(=C\c3ccc(OC)cc3)c2=O)=C(C(=O)Nc2ccc(OC)cc2)C1c1ccc(OC)cc1. The van der Waals surface area contributed by atoms with Crippen LogP contribution in [0.2, 0.25) is 0 Å². The molecule has 5 rings (SSSR count). The number of rotatable bonds is 9. The molecule has 1 aliphatic rings. The van der Waals surface area contributed by atoms with Crippen LogP contribution in [0.4, 0.5) is 5.69 Å². The summed E-state index contributed by atoms with van der Waals surface area (Å²) >= 11 is 1.11. The molecule has 0 saturated carbocycles. The number of nitrogens with two attached hydrogens (primary N) is 1. The summed E-state index contributed by atoms with van der Waals surface area (Å²) in [6.07, 6.45) is 1.70. The molecular formula is C33H31N3O7S. The van der Waals surface area contributed by atoms with Gasteiger partial charge in [0.25, 0.3) is 11.5 Å². The molecule has 3 aromatic carbocycles. The fraction of sp³-hybridized carbons (Fsp3) is 0.182. The first-order chi connectivity index (χ1) is 21.3. The first-order valence-electron chi connectivity index (χ1n) is 13.7. The molecule has 0 radical (unpaired) electrons. The van der Waals surface area contributed by atoms with Gasteiger partial charge in [0.05, 0.1) is 49.5 Å². The number of ether oxygens (including phenoxy) is 4. The average molecular weight is 614 g/mol. The summed E-state index contributed by atoms with van der Waals surface area (Å²) in [6.45, 7) is 1.74. The predicted octanol–water partition coefficient (Wildman–Crippen LogP) is 3.04. The fourth-order valence-corrected chi connectivity index (χ4v) is 6.11. The molecule has 0 aliphatic carbocycles. The third-order valence-corrected chi connectivity index (χ3v) is 8.21. The van der Waals surface area contributed by atoms with Crippen LogP contribution in [-0.4, -0.2) is 44.4 Å². The van der Waals surface area contributed by atoms with Gasteiger partial charge in [-0.25, -0.2) is 4.79 Å². The van der Waals surface area contributed by atoms with Gasteiger partial charge < -0.3 is 30.0 Å². The van der Waals surface area contributed by atoms with Crippen LogP contribution < -0.4 is 40.0 Å². The molecule has 4 aromatic rings. The Balaban J connectivity index is 1.79. The molecule has 1 aromatic heterocycles. The molecular weight excluding hydrogens is 582 g/mol. The number of nitrogens with zero attached hydrogens (tertiary/aromatic N) is 1. The molecule has 1 aliphatic heterocycles. The van der Waals surface area contributed by atoms with E-state index >= 15 is 0 Å². The highest BCUT2D eigenvalue weighted by Gasteiger charge is 2.39. The minimum atomic E-state index is -0.954. The van der Waals surface area contributed by atoms with Crippen LogP contribution in [0.5, 0.6) is 17.2 Å². The van der Waals surface area contributed by atoms with Gasteiger partial charge >= 0.3 is 5.97 Å². The quantitative estimate of drug-likeness (QED) is 0.276. The number of carbonyl (C=O) groups is 2. The van der Waals surface area contributed by atoms with Gasteiger partial charge in [-0.2, -0.15) is 0 Å². The molecule has 2 heterocycles. The number of carbonyl (C=O) groups excluding carboxylic acids is 2. The standard InChI is InChI=1S/C33H31N3O7S/c1-5-43-33(39)27-26(20-8-14-23(41-3)15-9-20)28(30(37)35-21-10-16-24(42-4)17-11-21)32-36(29(27)34)31(38)25(44-32)18-19-6-12-22(40-2)13-7-19/h6-18,26H,5,34H2,1-4H3,(H,35,37)/b25-18-. The van der Waals surface area contributed by atoms with E-state index in [1.807, 2.05) is 12.1 Å². The molecule has 226 valence electrons. The van der Waals surface area contributed by atoms with Crippen molar-refractivity contribution in [2.45, 2.75) is 12.8 Å². The van der Waals surface area contributed by atoms with Crippen LogP contribution in [0.25, 0.3) is 17.5 Å². The van der Waals surface area contributed by atoms with Gasteiger partial charge in [0.2, 0.25) is 0 Å². The normalized spacial score (nSPS) is 14.6. The number of hydrogen-bond donors (Lipinski definition) is 2. The fourth-order valence-electron chi connectivity index (χ4n) is 4.93. The second kappa shape index (κ2) is 12.9. The lowest BCUT2D eigenvalue weighted by molar-refractivity contribution is -0.138. The number of benzene rings is 3. The van der Waals surface area contributed by atoms with Gasteiger partial charge in [-0.05, 0) is 72.7 Å². The van der Waals surface area contributed by atoms with Crippen LogP contribution >= 0.6 is 11.3 Å². The van der Waals surface area contributed by atoms with Crippen molar-refractivity contribution in [3.05, 3.63) is 109 Å². The summed E-state index contributed by atoms with van der Waals surface area (Å²) in [4.78, 5) is 41.6. The number of anilines is 1. The van der Waals surface area contributed by atoms with Crippen molar-refractivity contribution in [2.75, 3.05) is 33.3 Å². The van der Waals surface area contributed by atoms with Gasteiger partial charge in [-0.3, -0.25) is 14.2 Å². The zero-order chi connectivity index (χ0) is 31.4. The molecule has 1 amide bonds. The lowest BCUT2D eigenvalue weighted by Gasteiger charge is -2.27. The van der Waals surface area contributed by atoms with Crippen LogP contribution in [0.3, 0.4) is 0 Å². The lowest BCUT2D eigenvalue weighted by Crippen LogP contribution is -2.42. The summed E-state index contributed by atoms with van der Waals surface area (Å²) in [5.41, 5.74) is 8.14. The highest BCUT2D eigenvalue weighted by molar-refractivity contribution is 7.07. The Bertz CT molecular complexity index is 1910. The lowest BCUT2D eigenvalue weighted by atomic mass is 9.82. The van der Waals surface area contributed by atoms with Gasteiger partial charge in [0.15, 0.2) is 0 Å². The summed E-state index contributed by atoms with van der Waals surface area (Å²) < 4.78 is 23.1. The van der Waals surface area contributed by atoms with Gasteiger partial charge in [-0.1, -0.05) is 24.3 Å². The topological polar surface area (TPSA) is 131 Å². The van der Waals surface area contributed by atoms with Gasteiger partial charge in [0, 0.05) is 5.69 Å². The second-order valence-electron chi connectivity index (χ2n) is 9.65. The Morgan fingerprint density at radius 2 is 1.41 bits per heavy atom. The van der Waals surface area contributed by atoms with E-state index in [0.29, 0.717) is 37.7 Å². The number of nitrogens with one attached hydrogen (secondary N) is 1. The monoisotopic (exact) mass is 613 g/mol. The predicted molar refractivity (Wildman–Crippen MR) is 169 cm³/mol. The largest absolute Gasteiger partial charge is 0.497 e. The van der Waals surface area contributed by atoms with E-state index in [9.17, 15) is 14.4 Å². The first-order valence-corrected chi connectivity index (χ1v) is 14.5. The van der Waals surface area contributed by atoms with E-state index < -0.39 is 23.4 Å². The molecule has 1 atom stereocenters. The van der Waals surface area contributed by atoms with E-state index in [2.05, 4.69) is 5.32 Å². The molecule has 3 N–H and O–H groups in total. The summed E-state index contributed by atoms with van der Waals surface area (Å²) in [6, 6.07) is 21.0. The van der Waals surface area contributed by atoms with Crippen molar-refractivity contribution in [1.82, 2.24) is 4.57 Å². The number of thiazole rings is 1. The van der Waals surface area contributed by atoms with Gasteiger partial charge in [-0.15, -0.1) is 11.3 Å². The Hall–Kier alpha value is -5.29. The molecule has 1 unspecified atom stereocenters. The average Bonchev–Trinajstić information content (AvgIpc) is 3.36. The van der Waals surface area contributed by atoms with Crippen LogP contribution in [0.1, 0.15) is 24.0 Å². The van der Waals surface area contributed by atoms with Crippen molar-refractivity contribution in [1.29, 1.82) is 0 Å². The van der Waals surface area contributed by atoms with Crippen LogP contribution in [0.15, 0.2) is 83.2 Å². The zero-order valence-electron chi connectivity index (χ0n) is 24.6. The van der Waals surface area contributed by atoms with Crippen molar-refractivity contribution < 1.29 is 28.5 Å². The number of fused-ring (bicyclic) bond motifs is 1. The number of hydrogen-bond acceptors (Lipinski definition) is 9. The number of aromatic nitrogens is 1. The minimum Gasteiger partial charge on any atom is -0.497 e. The van der Waals surface area contributed by atoms with E-state index in [4.69, 9.17) is 24.7 Å². The molecule has 0 bridgehead atoms. The van der Waals surface area contributed by atoms with E-state index in [1.54, 1.807) is 95.0 Å². The van der Waals surface area contributed by atoms with Crippen LogP contribution in [-0.2, 0) is 14.3 Å². The van der Waals surface area contributed by atoms with Crippen molar-refractivity contribution in [2.24, 2.45) is 5.73 Å². The smallest absolute Gasteiger partial charge is 0.338 e. The summed E-state index contributed by atoms with van der Waals surface area (Å²) in [7, 11) is 4.67. The minimum absolute atomic E-state index is 0.0136. The Labute approximate surface area is 257 Å². The maximum Gasteiger partial charge on any atom is 0.338 e. The molecule has 10 nitrogen and oxygen atoms in total. The van der Waals surface area contributed by atoms with E-state index in [1.165, 1.54) is 4.57 Å². The maximum atomic E-state index is 14.2. The van der Waals surface area contributed by atoms with Crippen molar-refractivity contribution in [3.63, 3.8) is 0 Å². The first kappa shape index (κ1) is 30.2. The summed E-state index contributed by atoms with van der Waals surface area (Å²) in [5.74, 6) is -0.422. The number of amides is 1. The molecule has 0 spiro atoms. The van der Waals surface area contributed by atoms with Crippen molar-refractivity contribution >= 4 is 46.4 Å². The Morgan fingerprint density at radius 1 is 0.864 bits per heavy atom. The maximum absolute atomic E-state index is 14.2. The molecule has 11 heteroatoms. The van der Waals surface area contributed by atoms with Crippen molar-refractivity contribution in [3.8, 4) is 17.2 Å². The Kier molecular flexibility index (Phi) is 8.86. The number of methoxy groups -OCH3 is 3. The highest BCUT2D eigenvalue weighted by Crippen LogP contribution is 2.38. The van der Waals surface area contributed by atoms with E-state index in [0.717, 1.165) is 16.9 Å². The Morgan fingerprint density at radius 3 is 1.95 bits per heavy atom. The highest BCUT2D eigenvalue weighted by atomic mass is 32.1. The zero-order valence-corrected chi connectivity index (χ0v) is 25.4. The number of esters is 1. The second-order valence-corrected chi connectivity index (χ2v) is 10.7. The third-order valence-electron chi connectivity index (χ3n) is 7.10. The molecule has 44 heavy (non-hydrogen) atoms. The van der Waals surface area contributed by atoms with Gasteiger partial charge in [0.1, 0.15) is 27.7 Å². The van der Waals surface area contributed by atoms with E-state index in [-0.39, 0.29) is 23.6 Å². The molecule has 0 fully saturated rings. The third kappa shape index (κ3) is 5.82. The van der Waals surface area contributed by atoms with Crippen LogP contribution in [0, 0.1) is 0 Å². The molecule has 0 saturated heterocycles.